The van der Waals surface area contributed by atoms with Crippen molar-refractivity contribution in [3.8, 4) is 0 Å². The van der Waals surface area contributed by atoms with Crippen LogP contribution in [0.25, 0.3) is 0 Å². The Kier molecular flexibility index (Phi) is 8.18. The summed E-state index contributed by atoms with van der Waals surface area (Å²) in [6.45, 7) is 3.48. The minimum Gasteiger partial charge on any atom is -0.337 e. The third-order valence-corrected chi connectivity index (χ3v) is 7.06. The highest BCUT2D eigenvalue weighted by Crippen LogP contribution is 2.25. The van der Waals surface area contributed by atoms with E-state index < -0.39 is 0 Å². The number of nitrogens with zero attached hydrogens (tertiary/aromatic N) is 1. The topological polar surface area (TPSA) is 49.4 Å². The molecule has 3 rings (SSSR count). The Labute approximate surface area is 189 Å². The fraction of sp³-hybridized carbons (Fsp3) is 0.333. The minimum absolute atomic E-state index is 0.0571. The number of thioether (sulfide) groups is 2. The van der Waals surface area contributed by atoms with Crippen LogP contribution in [0.1, 0.15) is 21.5 Å². The summed E-state index contributed by atoms with van der Waals surface area (Å²) in [5.41, 5.74) is 3.22. The summed E-state index contributed by atoms with van der Waals surface area (Å²) in [5.74, 6) is 2.88. The quantitative estimate of drug-likeness (QED) is 0.619. The second kappa shape index (κ2) is 10.6. The number of hydrogen-bond donors (Lipinski definition) is 1. The summed E-state index contributed by atoms with van der Waals surface area (Å²) in [6.07, 6.45) is 0. The van der Waals surface area contributed by atoms with Gasteiger partial charge >= 0.3 is 0 Å². The Bertz CT molecular complexity index is 902. The third kappa shape index (κ3) is 6.32. The van der Waals surface area contributed by atoms with Crippen molar-refractivity contribution in [2.75, 3.05) is 35.7 Å². The zero-order valence-electron chi connectivity index (χ0n) is 16.0. The number of carbonyl (C=O) groups is 2. The maximum absolute atomic E-state index is 12.6. The van der Waals surface area contributed by atoms with Gasteiger partial charge in [0.15, 0.2) is 0 Å². The standard InChI is InChI=1S/C21H22Cl2N2O2S2/c1-14-10-15(21(27)25-6-8-28-9-7-25)3-5-19(14)24-20(26)13-29-12-16-2-4-17(22)11-18(16)23/h2-5,10-11H,6-9,12-13H2,1H3,(H,24,26). The van der Waals surface area contributed by atoms with Crippen LogP contribution in [-0.4, -0.2) is 47.1 Å². The molecular weight excluding hydrogens is 447 g/mol. The first kappa shape index (κ1) is 22.3. The fourth-order valence-corrected chi connectivity index (χ4v) is 5.25. The van der Waals surface area contributed by atoms with E-state index in [1.54, 1.807) is 24.3 Å². The molecule has 0 radical (unpaired) electrons. The van der Waals surface area contributed by atoms with Gasteiger partial charge in [0.25, 0.3) is 5.91 Å². The number of aryl methyl sites for hydroxylation is 1. The molecule has 1 saturated heterocycles. The number of benzene rings is 2. The molecule has 1 aliphatic heterocycles. The van der Waals surface area contributed by atoms with Gasteiger partial charge < -0.3 is 10.2 Å². The molecule has 2 amide bonds. The molecule has 0 bridgehead atoms. The number of amides is 2. The minimum atomic E-state index is -0.0877. The van der Waals surface area contributed by atoms with E-state index in [1.165, 1.54) is 11.8 Å². The predicted octanol–water partition coefficient (Wildman–Crippen LogP) is 5.36. The van der Waals surface area contributed by atoms with Gasteiger partial charge in [0.1, 0.15) is 0 Å². The summed E-state index contributed by atoms with van der Waals surface area (Å²) in [6, 6.07) is 10.8. The van der Waals surface area contributed by atoms with Gasteiger partial charge in [0, 0.05) is 51.6 Å². The van der Waals surface area contributed by atoms with Crippen molar-refractivity contribution < 1.29 is 9.59 Å². The molecule has 1 N–H and O–H groups in total. The van der Waals surface area contributed by atoms with Crippen LogP contribution >= 0.6 is 46.7 Å². The Morgan fingerprint density at radius 3 is 2.59 bits per heavy atom. The first-order chi connectivity index (χ1) is 13.9. The highest BCUT2D eigenvalue weighted by Gasteiger charge is 2.19. The smallest absolute Gasteiger partial charge is 0.253 e. The summed E-state index contributed by atoms with van der Waals surface area (Å²) < 4.78 is 0. The van der Waals surface area contributed by atoms with Crippen molar-refractivity contribution >= 4 is 64.2 Å². The van der Waals surface area contributed by atoms with E-state index in [1.807, 2.05) is 35.7 Å². The molecule has 0 aromatic heterocycles. The van der Waals surface area contributed by atoms with E-state index in [9.17, 15) is 9.59 Å². The zero-order chi connectivity index (χ0) is 20.8. The molecule has 1 heterocycles. The molecule has 1 aliphatic rings. The van der Waals surface area contributed by atoms with Gasteiger partial charge in [-0.25, -0.2) is 0 Å². The summed E-state index contributed by atoms with van der Waals surface area (Å²) >= 11 is 15.4. The first-order valence-corrected chi connectivity index (χ1v) is 12.3. The monoisotopic (exact) mass is 468 g/mol. The molecule has 0 spiro atoms. The molecule has 4 nitrogen and oxygen atoms in total. The molecule has 0 aliphatic carbocycles. The SMILES string of the molecule is Cc1cc(C(=O)N2CCSCC2)ccc1NC(=O)CSCc1ccc(Cl)cc1Cl. The highest BCUT2D eigenvalue weighted by atomic mass is 35.5. The Morgan fingerprint density at radius 1 is 1.14 bits per heavy atom. The Balaban J connectivity index is 1.52. The van der Waals surface area contributed by atoms with Crippen molar-refractivity contribution in [2.24, 2.45) is 0 Å². The molecule has 29 heavy (non-hydrogen) atoms. The molecule has 154 valence electrons. The van der Waals surface area contributed by atoms with Gasteiger partial charge in [0.2, 0.25) is 5.91 Å². The fourth-order valence-electron chi connectivity index (χ4n) is 2.96. The average molecular weight is 469 g/mol. The zero-order valence-corrected chi connectivity index (χ0v) is 19.2. The predicted molar refractivity (Wildman–Crippen MR) is 126 cm³/mol. The summed E-state index contributed by atoms with van der Waals surface area (Å²) in [4.78, 5) is 26.8. The van der Waals surface area contributed by atoms with Gasteiger partial charge in [-0.05, 0) is 48.4 Å². The van der Waals surface area contributed by atoms with Gasteiger partial charge in [-0.2, -0.15) is 11.8 Å². The van der Waals surface area contributed by atoms with Crippen LogP contribution in [0.3, 0.4) is 0 Å². The molecule has 2 aromatic carbocycles. The van der Waals surface area contributed by atoms with Gasteiger partial charge in [-0.15, -0.1) is 11.8 Å². The molecule has 2 aromatic rings. The van der Waals surface area contributed by atoms with E-state index in [0.29, 0.717) is 27.1 Å². The van der Waals surface area contributed by atoms with E-state index >= 15 is 0 Å². The molecule has 1 fully saturated rings. The lowest BCUT2D eigenvalue weighted by molar-refractivity contribution is -0.113. The van der Waals surface area contributed by atoms with Crippen molar-refractivity contribution in [3.63, 3.8) is 0 Å². The summed E-state index contributed by atoms with van der Waals surface area (Å²) in [5, 5.41) is 4.12. The van der Waals surface area contributed by atoms with E-state index in [2.05, 4.69) is 5.32 Å². The number of hydrogen-bond acceptors (Lipinski definition) is 4. The van der Waals surface area contributed by atoms with Gasteiger partial charge in [-0.3, -0.25) is 9.59 Å². The van der Waals surface area contributed by atoms with E-state index in [-0.39, 0.29) is 11.8 Å². The number of anilines is 1. The normalized spacial score (nSPS) is 14.0. The van der Waals surface area contributed by atoms with Crippen LogP contribution in [0.5, 0.6) is 0 Å². The van der Waals surface area contributed by atoms with Gasteiger partial charge in [0.05, 0.1) is 5.75 Å². The number of rotatable bonds is 6. The van der Waals surface area contributed by atoms with E-state index in [0.717, 1.165) is 41.4 Å². The van der Waals surface area contributed by atoms with Crippen molar-refractivity contribution in [2.45, 2.75) is 12.7 Å². The third-order valence-electron chi connectivity index (χ3n) is 4.55. The Hall–Kier alpha value is -1.34. The lowest BCUT2D eigenvalue weighted by Crippen LogP contribution is -2.37. The average Bonchev–Trinajstić information content (AvgIpc) is 2.71. The first-order valence-electron chi connectivity index (χ1n) is 9.23. The maximum atomic E-state index is 12.6. The summed E-state index contributed by atoms with van der Waals surface area (Å²) in [7, 11) is 0. The number of carbonyl (C=O) groups excluding carboxylic acids is 2. The van der Waals surface area contributed by atoms with Crippen molar-refractivity contribution in [1.82, 2.24) is 4.90 Å². The van der Waals surface area contributed by atoms with Crippen LogP contribution in [0.4, 0.5) is 5.69 Å². The maximum Gasteiger partial charge on any atom is 0.253 e. The van der Waals surface area contributed by atoms with Crippen LogP contribution in [0.2, 0.25) is 10.0 Å². The molecule has 0 saturated carbocycles. The van der Waals surface area contributed by atoms with Gasteiger partial charge in [-0.1, -0.05) is 29.3 Å². The lowest BCUT2D eigenvalue weighted by atomic mass is 10.1. The lowest BCUT2D eigenvalue weighted by Gasteiger charge is -2.26. The second-order valence-electron chi connectivity index (χ2n) is 6.71. The number of halogens is 2. The van der Waals surface area contributed by atoms with Crippen LogP contribution < -0.4 is 5.32 Å². The largest absolute Gasteiger partial charge is 0.337 e. The number of nitrogens with one attached hydrogen (secondary N) is 1. The molecule has 8 heteroatoms. The molecular formula is C21H22Cl2N2O2S2. The molecule has 0 unspecified atom stereocenters. The van der Waals surface area contributed by atoms with Crippen molar-refractivity contribution in [3.05, 3.63) is 63.1 Å². The highest BCUT2D eigenvalue weighted by molar-refractivity contribution is 7.99. The van der Waals surface area contributed by atoms with Crippen molar-refractivity contribution in [1.29, 1.82) is 0 Å². The van der Waals surface area contributed by atoms with Crippen LogP contribution in [0.15, 0.2) is 36.4 Å². The Morgan fingerprint density at radius 2 is 1.90 bits per heavy atom. The molecule has 0 atom stereocenters. The van der Waals surface area contributed by atoms with Crippen LogP contribution in [-0.2, 0) is 10.5 Å². The van der Waals surface area contributed by atoms with E-state index in [4.69, 9.17) is 23.2 Å². The second-order valence-corrected chi connectivity index (χ2v) is 9.76. The van der Waals surface area contributed by atoms with Crippen LogP contribution in [0, 0.1) is 6.92 Å².